The van der Waals surface area contributed by atoms with E-state index in [1.807, 2.05) is 4.90 Å². The average molecular weight is 430 g/mol. The molecule has 2 amide bonds. The number of thiazole rings is 1. The molecular formula is C19H19FN6O3S. The van der Waals surface area contributed by atoms with Crippen molar-refractivity contribution in [1.29, 1.82) is 0 Å². The number of fused-ring (bicyclic) bond motifs is 1. The number of aliphatic hydroxyl groups excluding tert-OH is 1. The Balaban J connectivity index is 1.23. The molecule has 0 saturated heterocycles. The quantitative estimate of drug-likeness (QED) is 0.582. The summed E-state index contributed by atoms with van der Waals surface area (Å²) in [6.45, 7) is 1.21. The Morgan fingerprint density at radius 1 is 1.27 bits per heavy atom. The highest BCUT2D eigenvalue weighted by molar-refractivity contribution is 7.15. The molecule has 1 aliphatic heterocycles. The summed E-state index contributed by atoms with van der Waals surface area (Å²) in [5.41, 5.74) is 1.63. The Kier molecular flexibility index (Phi) is 4.83. The van der Waals surface area contributed by atoms with Gasteiger partial charge in [0.2, 0.25) is 5.82 Å². The Labute approximate surface area is 174 Å². The zero-order valence-corrected chi connectivity index (χ0v) is 16.7. The second-order valence-corrected chi connectivity index (χ2v) is 8.47. The number of hydrogen-bond donors (Lipinski definition) is 3. The van der Waals surface area contributed by atoms with Crippen LogP contribution in [0.15, 0.2) is 28.8 Å². The molecule has 30 heavy (non-hydrogen) atoms. The molecule has 0 atom stereocenters. The monoisotopic (exact) mass is 430 g/mol. The number of nitrogens with zero attached hydrogens (tertiary/aromatic N) is 4. The first-order valence-corrected chi connectivity index (χ1v) is 10.4. The summed E-state index contributed by atoms with van der Waals surface area (Å²) in [5.74, 6) is 0.0832. The van der Waals surface area contributed by atoms with Crippen molar-refractivity contribution in [3.63, 3.8) is 0 Å². The molecule has 0 spiro atoms. The van der Waals surface area contributed by atoms with Gasteiger partial charge in [0.25, 0.3) is 0 Å². The van der Waals surface area contributed by atoms with Crippen LogP contribution in [-0.4, -0.2) is 45.0 Å². The van der Waals surface area contributed by atoms with Crippen LogP contribution in [0.25, 0.3) is 11.4 Å². The summed E-state index contributed by atoms with van der Waals surface area (Å²) in [5, 5.41) is 19.4. The number of aliphatic hydroxyl groups is 1. The van der Waals surface area contributed by atoms with Crippen molar-refractivity contribution in [2.24, 2.45) is 0 Å². The third kappa shape index (κ3) is 3.85. The van der Waals surface area contributed by atoms with E-state index in [0.717, 1.165) is 10.6 Å². The van der Waals surface area contributed by atoms with E-state index in [0.29, 0.717) is 54.9 Å². The minimum atomic E-state index is -0.320. The summed E-state index contributed by atoms with van der Waals surface area (Å²) in [6, 6.07) is 6.02. The maximum absolute atomic E-state index is 13.1. The smallest absolute Gasteiger partial charge is 0.324 e. The second-order valence-electron chi connectivity index (χ2n) is 7.39. The molecule has 2 aromatic heterocycles. The first kappa shape index (κ1) is 18.9. The number of halogens is 1. The fourth-order valence-electron chi connectivity index (χ4n) is 3.50. The van der Waals surface area contributed by atoms with Gasteiger partial charge in [-0.05, 0) is 37.1 Å². The van der Waals surface area contributed by atoms with E-state index in [2.05, 4.69) is 25.8 Å². The topological polar surface area (TPSA) is 116 Å². The van der Waals surface area contributed by atoms with E-state index in [-0.39, 0.29) is 24.0 Å². The third-order valence-electron chi connectivity index (χ3n) is 5.19. The third-order valence-corrected chi connectivity index (χ3v) is 6.19. The lowest BCUT2D eigenvalue weighted by atomic mass is 9.90. The molecule has 11 heteroatoms. The predicted molar refractivity (Wildman–Crippen MR) is 108 cm³/mol. The molecular weight excluding hydrogens is 411 g/mol. The van der Waals surface area contributed by atoms with E-state index in [9.17, 15) is 14.3 Å². The molecule has 3 heterocycles. The van der Waals surface area contributed by atoms with Gasteiger partial charge in [0, 0.05) is 29.4 Å². The van der Waals surface area contributed by atoms with Gasteiger partial charge in [-0.1, -0.05) is 16.5 Å². The summed E-state index contributed by atoms with van der Waals surface area (Å²) >= 11 is 1.41. The van der Waals surface area contributed by atoms with Crippen molar-refractivity contribution in [2.45, 2.75) is 38.0 Å². The summed E-state index contributed by atoms with van der Waals surface area (Å²) in [7, 11) is 0. The van der Waals surface area contributed by atoms with Crippen molar-refractivity contribution < 1.29 is 18.8 Å². The number of anilines is 2. The Bertz CT molecular complexity index is 1060. The molecule has 1 fully saturated rings. The van der Waals surface area contributed by atoms with Gasteiger partial charge in [0.1, 0.15) is 5.82 Å². The summed E-state index contributed by atoms with van der Waals surface area (Å²) in [4.78, 5) is 24.0. The molecule has 5 rings (SSSR count). The first-order valence-electron chi connectivity index (χ1n) is 9.62. The maximum atomic E-state index is 13.1. The highest BCUT2D eigenvalue weighted by atomic mass is 32.1. The normalized spacial score (nSPS) is 20.4. The van der Waals surface area contributed by atoms with E-state index in [1.165, 1.54) is 23.5 Å². The highest BCUT2D eigenvalue weighted by Gasteiger charge is 2.29. The number of aromatic nitrogens is 3. The van der Waals surface area contributed by atoms with Crippen LogP contribution in [0, 0.1) is 5.82 Å². The van der Waals surface area contributed by atoms with Crippen LogP contribution in [0.3, 0.4) is 0 Å². The van der Waals surface area contributed by atoms with Crippen LogP contribution in [0.5, 0.6) is 0 Å². The number of rotatable bonds is 4. The summed E-state index contributed by atoms with van der Waals surface area (Å²) in [6.07, 6.45) is 1.54. The molecule has 3 aromatic rings. The van der Waals surface area contributed by atoms with Gasteiger partial charge in [-0.2, -0.15) is 4.98 Å². The summed E-state index contributed by atoms with van der Waals surface area (Å²) < 4.78 is 18.5. The lowest BCUT2D eigenvalue weighted by molar-refractivity contribution is 0.0671. The molecule has 0 radical (unpaired) electrons. The minimum absolute atomic E-state index is 0.0120. The van der Waals surface area contributed by atoms with Crippen molar-refractivity contribution in [3.05, 3.63) is 40.7 Å². The SMILES string of the molecule is O=C(Nc1nc2c(s1)CN(c1nc(-c3ccc(F)cc3)no1)CC2)N[C@H]1C[C@@H](O)C1. The second kappa shape index (κ2) is 7.65. The lowest BCUT2D eigenvalue weighted by Crippen LogP contribution is -2.48. The number of hydrogen-bond acceptors (Lipinski definition) is 8. The molecule has 1 aromatic carbocycles. The van der Waals surface area contributed by atoms with Crippen LogP contribution in [0.1, 0.15) is 23.4 Å². The first-order chi connectivity index (χ1) is 14.5. The molecule has 1 saturated carbocycles. The van der Waals surface area contributed by atoms with Crippen LogP contribution in [-0.2, 0) is 13.0 Å². The van der Waals surface area contributed by atoms with Gasteiger partial charge in [-0.25, -0.2) is 14.2 Å². The number of amides is 2. The molecule has 0 unspecified atom stereocenters. The number of carbonyl (C=O) groups is 1. The number of nitrogens with one attached hydrogen (secondary N) is 2. The van der Waals surface area contributed by atoms with E-state index < -0.39 is 0 Å². The Hall–Kier alpha value is -3.05. The Morgan fingerprint density at radius 2 is 2.07 bits per heavy atom. The highest BCUT2D eigenvalue weighted by Crippen LogP contribution is 2.31. The van der Waals surface area contributed by atoms with Gasteiger partial charge in [-0.3, -0.25) is 5.32 Å². The predicted octanol–water partition coefficient (Wildman–Crippen LogP) is 2.54. The van der Waals surface area contributed by atoms with Crippen LogP contribution in [0.4, 0.5) is 20.3 Å². The number of urea groups is 1. The van der Waals surface area contributed by atoms with Crippen LogP contribution < -0.4 is 15.5 Å². The van der Waals surface area contributed by atoms with E-state index in [4.69, 9.17) is 4.52 Å². The molecule has 3 N–H and O–H groups in total. The molecule has 156 valence electrons. The molecule has 9 nitrogen and oxygen atoms in total. The average Bonchev–Trinajstić information content (AvgIpc) is 3.33. The van der Waals surface area contributed by atoms with Crippen LogP contribution >= 0.6 is 11.3 Å². The fraction of sp³-hybridized carbons (Fsp3) is 0.368. The zero-order chi connectivity index (χ0) is 20.7. The van der Waals surface area contributed by atoms with Crippen molar-refractivity contribution in [2.75, 3.05) is 16.8 Å². The van der Waals surface area contributed by atoms with E-state index in [1.54, 1.807) is 12.1 Å². The standard InChI is InChI=1S/C19H19FN6O3S/c20-11-3-1-10(2-4-11)16-23-19(29-25-16)26-6-5-14-15(9-26)30-18(22-14)24-17(28)21-12-7-13(27)8-12/h1-4,12-13,27H,5-9H2,(H2,21,22,24,28)/t12-,13+. The van der Waals surface area contributed by atoms with Gasteiger partial charge in [0.05, 0.1) is 18.3 Å². The minimum Gasteiger partial charge on any atom is -0.393 e. The number of carbonyl (C=O) groups excluding carboxylic acids is 1. The molecule has 2 aliphatic rings. The molecule has 0 bridgehead atoms. The van der Waals surface area contributed by atoms with E-state index >= 15 is 0 Å². The van der Waals surface area contributed by atoms with Crippen molar-refractivity contribution >= 4 is 28.5 Å². The Morgan fingerprint density at radius 3 is 2.83 bits per heavy atom. The van der Waals surface area contributed by atoms with Gasteiger partial charge in [0.15, 0.2) is 5.13 Å². The lowest BCUT2D eigenvalue weighted by Gasteiger charge is -2.31. The fourth-order valence-corrected chi connectivity index (χ4v) is 4.52. The molecule has 1 aliphatic carbocycles. The largest absolute Gasteiger partial charge is 0.393 e. The van der Waals surface area contributed by atoms with Gasteiger partial charge in [-0.15, -0.1) is 0 Å². The zero-order valence-electron chi connectivity index (χ0n) is 15.8. The van der Waals surface area contributed by atoms with Crippen molar-refractivity contribution in [1.82, 2.24) is 20.4 Å². The van der Waals surface area contributed by atoms with Crippen molar-refractivity contribution in [3.8, 4) is 11.4 Å². The maximum Gasteiger partial charge on any atom is 0.324 e. The van der Waals surface area contributed by atoms with Gasteiger partial charge >= 0.3 is 12.0 Å². The van der Waals surface area contributed by atoms with Crippen LogP contribution in [0.2, 0.25) is 0 Å². The number of benzene rings is 1. The van der Waals surface area contributed by atoms with Gasteiger partial charge < -0.3 is 19.8 Å².